The molecule has 0 amide bonds. The Morgan fingerprint density at radius 3 is 2.48 bits per heavy atom. The molecule has 0 atom stereocenters. The van der Waals surface area contributed by atoms with Gasteiger partial charge in [0.2, 0.25) is 0 Å². The van der Waals surface area contributed by atoms with E-state index in [1.807, 2.05) is 12.1 Å². The van der Waals surface area contributed by atoms with Crippen molar-refractivity contribution in [3.8, 4) is 22.4 Å². The number of hydrogen-bond donors (Lipinski definition) is 1. The summed E-state index contributed by atoms with van der Waals surface area (Å²) < 4.78 is 16.5. The number of nitrogen functional groups attached to an aromatic ring is 1. The highest BCUT2D eigenvalue weighted by Gasteiger charge is 2.33. The third-order valence-corrected chi connectivity index (χ3v) is 5.69. The Morgan fingerprint density at radius 2 is 1.78 bits per heavy atom. The first-order valence-corrected chi connectivity index (χ1v) is 9.26. The molecule has 0 saturated carbocycles. The largest absolute Gasteiger partial charge is 0.383 e. The lowest BCUT2D eigenvalue weighted by Crippen LogP contribution is -2.48. The number of fused-ring (bicyclic) bond motifs is 1. The van der Waals surface area contributed by atoms with Crippen LogP contribution in [0.2, 0.25) is 5.02 Å². The Labute approximate surface area is 163 Å². The lowest BCUT2D eigenvalue weighted by molar-refractivity contribution is 0.0968. The Hall–Kier alpha value is -2.37. The molecule has 27 heavy (non-hydrogen) atoms. The molecule has 140 valence electrons. The number of anilines is 1. The third kappa shape index (κ3) is 3.11. The molecule has 2 heterocycles. The van der Waals surface area contributed by atoms with Crippen molar-refractivity contribution >= 4 is 17.4 Å². The fourth-order valence-corrected chi connectivity index (χ4v) is 3.61. The zero-order chi connectivity index (χ0) is 19.3. The van der Waals surface area contributed by atoms with Crippen molar-refractivity contribution in [2.75, 3.05) is 12.8 Å². The normalized spacial score (nSPS) is 16.3. The van der Waals surface area contributed by atoms with Crippen molar-refractivity contribution in [2.24, 2.45) is 0 Å². The molecular formula is C21H22ClFN4. The van der Waals surface area contributed by atoms with E-state index >= 15 is 0 Å². The molecule has 3 aromatic rings. The highest BCUT2D eigenvalue weighted by molar-refractivity contribution is 6.30. The van der Waals surface area contributed by atoms with Gasteiger partial charge in [0.15, 0.2) is 0 Å². The van der Waals surface area contributed by atoms with Crippen LogP contribution in [0.4, 0.5) is 10.2 Å². The van der Waals surface area contributed by atoms with Gasteiger partial charge < -0.3 is 10.3 Å². The van der Waals surface area contributed by atoms with Crippen LogP contribution in [0.5, 0.6) is 0 Å². The number of aromatic nitrogens is 2. The van der Waals surface area contributed by atoms with E-state index in [1.54, 1.807) is 24.3 Å². The maximum Gasteiger partial charge on any atom is 0.131 e. The molecule has 0 radical (unpaired) electrons. The van der Waals surface area contributed by atoms with Gasteiger partial charge >= 0.3 is 0 Å². The van der Waals surface area contributed by atoms with E-state index in [1.165, 1.54) is 6.07 Å². The molecule has 2 N–H and O–H groups in total. The van der Waals surface area contributed by atoms with Crippen molar-refractivity contribution in [1.82, 2.24) is 14.5 Å². The topological polar surface area (TPSA) is 47.1 Å². The molecule has 6 heteroatoms. The van der Waals surface area contributed by atoms with Crippen molar-refractivity contribution < 1.29 is 4.39 Å². The van der Waals surface area contributed by atoms with Crippen LogP contribution in [0.3, 0.4) is 0 Å². The number of likely N-dealkylation sites (N-methyl/N-ethyl adjacent to an activating group) is 1. The quantitative estimate of drug-likeness (QED) is 0.689. The number of benzene rings is 2. The number of hydrogen-bond acceptors (Lipinski definition) is 3. The summed E-state index contributed by atoms with van der Waals surface area (Å²) in [5.41, 5.74) is 9.22. The number of halogens is 2. The third-order valence-electron chi connectivity index (χ3n) is 5.44. The molecule has 0 fully saturated rings. The SMILES string of the molecule is CN1Cc2nc(-c3ccc(F)c(-c4ccc(Cl)cc4)c3)c(N)n2CC1(C)C. The molecule has 1 aliphatic heterocycles. The maximum atomic E-state index is 14.5. The molecule has 1 aliphatic rings. The summed E-state index contributed by atoms with van der Waals surface area (Å²) in [7, 11) is 2.09. The van der Waals surface area contributed by atoms with Gasteiger partial charge in [0.05, 0.1) is 6.54 Å². The molecular weight excluding hydrogens is 363 g/mol. The van der Waals surface area contributed by atoms with E-state index in [0.717, 1.165) is 30.0 Å². The molecule has 0 aliphatic carbocycles. The van der Waals surface area contributed by atoms with Gasteiger partial charge in [-0.05, 0) is 56.8 Å². The second-order valence-corrected chi connectivity index (χ2v) is 8.15. The predicted molar refractivity (Wildman–Crippen MR) is 108 cm³/mol. The Kier molecular flexibility index (Phi) is 4.24. The fraction of sp³-hybridized carbons (Fsp3) is 0.286. The van der Waals surface area contributed by atoms with E-state index in [9.17, 15) is 4.39 Å². The number of nitrogens with two attached hydrogens (primary N) is 1. The van der Waals surface area contributed by atoms with Crippen molar-refractivity contribution in [3.05, 3.63) is 59.1 Å². The fourth-order valence-electron chi connectivity index (χ4n) is 3.48. The highest BCUT2D eigenvalue weighted by Crippen LogP contribution is 2.35. The van der Waals surface area contributed by atoms with Crippen LogP contribution >= 0.6 is 11.6 Å². The van der Waals surface area contributed by atoms with Crippen LogP contribution in [0, 0.1) is 5.82 Å². The molecule has 0 spiro atoms. The van der Waals surface area contributed by atoms with Crippen LogP contribution in [0.15, 0.2) is 42.5 Å². The van der Waals surface area contributed by atoms with Gasteiger partial charge in [-0.3, -0.25) is 4.90 Å². The zero-order valence-electron chi connectivity index (χ0n) is 15.6. The van der Waals surface area contributed by atoms with E-state index in [2.05, 4.69) is 30.4 Å². The Morgan fingerprint density at radius 1 is 1.11 bits per heavy atom. The minimum absolute atomic E-state index is 0.00362. The van der Waals surface area contributed by atoms with Gasteiger partial charge in [0, 0.05) is 28.2 Å². The number of imidazole rings is 1. The second-order valence-electron chi connectivity index (χ2n) is 7.72. The first-order chi connectivity index (χ1) is 12.8. The molecule has 0 unspecified atom stereocenters. The summed E-state index contributed by atoms with van der Waals surface area (Å²) in [6.45, 7) is 5.86. The summed E-state index contributed by atoms with van der Waals surface area (Å²) in [5.74, 6) is 1.27. The summed E-state index contributed by atoms with van der Waals surface area (Å²) >= 11 is 5.95. The summed E-state index contributed by atoms with van der Waals surface area (Å²) in [4.78, 5) is 7.03. The van der Waals surface area contributed by atoms with Crippen molar-refractivity contribution in [1.29, 1.82) is 0 Å². The minimum atomic E-state index is -0.288. The van der Waals surface area contributed by atoms with Gasteiger partial charge in [-0.2, -0.15) is 0 Å². The first-order valence-electron chi connectivity index (χ1n) is 8.88. The molecule has 0 bridgehead atoms. The summed E-state index contributed by atoms with van der Waals surface area (Å²) in [6.07, 6.45) is 0. The maximum absolute atomic E-state index is 14.5. The van der Waals surface area contributed by atoms with Gasteiger partial charge in [0.1, 0.15) is 23.2 Å². The molecule has 1 aromatic heterocycles. The Balaban J connectivity index is 1.79. The lowest BCUT2D eigenvalue weighted by atomic mass is 10.0. The molecule has 0 saturated heterocycles. The zero-order valence-corrected chi connectivity index (χ0v) is 16.4. The van der Waals surface area contributed by atoms with E-state index in [0.29, 0.717) is 22.1 Å². The summed E-state index contributed by atoms with van der Waals surface area (Å²) in [5, 5.41) is 0.619. The molecule has 4 nitrogen and oxygen atoms in total. The highest BCUT2D eigenvalue weighted by atomic mass is 35.5. The average Bonchev–Trinajstić information content (AvgIpc) is 2.92. The van der Waals surface area contributed by atoms with Gasteiger partial charge in [-0.1, -0.05) is 23.7 Å². The second kappa shape index (κ2) is 6.36. The Bertz CT molecular complexity index is 1010. The van der Waals surface area contributed by atoms with Crippen LogP contribution in [0.25, 0.3) is 22.4 Å². The van der Waals surface area contributed by atoms with Gasteiger partial charge in [-0.25, -0.2) is 9.37 Å². The van der Waals surface area contributed by atoms with Gasteiger partial charge in [0.25, 0.3) is 0 Å². The van der Waals surface area contributed by atoms with E-state index < -0.39 is 0 Å². The standard InChI is InChI=1S/C21H22ClFN4/c1-21(2)12-27-18(11-26(21)3)25-19(20(27)24)14-6-9-17(23)16(10-14)13-4-7-15(22)8-5-13/h4-10H,11-12,24H2,1-3H3. The minimum Gasteiger partial charge on any atom is -0.383 e. The van der Waals surface area contributed by atoms with Crippen molar-refractivity contribution in [2.45, 2.75) is 32.5 Å². The molecule has 4 rings (SSSR count). The van der Waals surface area contributed by atoms with Crippen molar-refractivity contribution in [3.63, 3.8) is 0 Å². The van der Waals surface area contributed by atoms with Crippen LogP contribution < -0.4 is 5.73 Å². The van der Waals surface area contributed by atoms with Gasteiger partial charge in [-0.15, -0.1) is 0 Å². The number of nitrogens with zero attached hydrogens (tertiary/aromatic N) is 3. The lowest BCUT2D eigenvalue weighted by Gasteiger charge is -2.40. The van der Waals surface area contributed by atoms with E-state index in [-0.39, 0.29) is 11.4 Å². The smallest absolute Gasteiger partial charge is 0.131 e. The average molecular weight is 385 g/mol. The summed E-state index contributed by atoms with van der Waals surface area (Å²) in [6, 6.07) is 12.1. The molecule has 2 aromatic carbocycles. The number of rotatable bonds is 2. The van der Waals surface area contributed by atoms with E-state index in [4.69, 9.17) is 22.3 Å². The van der Waals surface area contributed by atoms with Crippen LogP contribution in [-0.2, 0) is 13.1 Å². The van der Waals surface area contributed by atoms with Crippen LogP contribution in [-0.4, -0.2) is 27.0 Å². The first kappa shape index (κ1) is 18.0. The van der Waals surface area contributed by atoms with Crippen LogP contribution in [0.1, 0.15) is 19.7 Å². The predicted octanol–water partition coefficient (Wildman–Crippen LogP) is 4.82. The monoisotopic (exact) mass is 384 g/mol.